The molecule has 4 aromatic rings. The maximum absolute atomic E-state index is 13.9. The predicted molar refractivity (Wildman–Crippen MR) is 111 cm³/mol. The fraction of sp³-hybridized carbons (Fsp3) is 0.143. The molecule has 0 radical (unpaired) electrons. The van der Waals surface area contributed by atoms with E-state index in [1.54, 1.807) is 18.2 Å². The van der Waals surface area contributed by atoms with Crippen LogP contribution in [0.5, 0.6) is 0 Å². The van der Waals surface area contributed by atoms with Gasteiger partial charge in [-0.1, -0.05) is 35.9 Å². The van der Waals surface area contributed by atoms with Gasteiger partial charge in [-0.2, -0.15) is 5.10 Å². The highest BCUT2D eigenvalue weighted by Gasteiger charge is 2.16. The number of hydrogen-bond donors (Lipinski definition) is 1. The van der Waals surface area contributed by atoms with E-state index in [1.165, 1.54) is 40.0 Å². The lowest BCUT2D eigenvalue weighted by molar-refractivity contribution is 0.0948. The van der Waals surface area contributed by atoms with Crippen molar-refractivity contribution >= 4 is 28.5 Å². The lowest BCUT2D eigenvalue weighted by Gasteiger charge is -2.09. The Morgan fingerprint density at radius 3 is 2.65 bits per heavy atom. The highest BCUT2D eigenvalue weighted by atomic mass is 35.5. The van der Waals surface area contributed by atoms with E-state index in [4.69, 9.17) is 11.6 Å². The molecule has 0 fully saturated rings. The predicted octanol–water partition coefficient (Wildman–Crippen LogP) is 3.00. The highest BCUT2D eigenvalue weighted by molar-refractivity contribution is 6.33. The van der Waals surface area contributed by atoms with E-state index in [9.17, 15) is 18.4 Å². The molecule has 0 atom stereocenters. The van der Waals surface area contributed by atoms with Crippen LogP contribution in [0.15, 0.2) is 59.8 Å². The summed E-state index contributed by atoms with van der Waals surface area (Å²) in [5, 5.41) is 6.99. The van der Waals surface area contributed by atoms with Crippen molar-refractivity contribution in [2.45, 2.75) is 13.1 Å². The molecule has 0 saturated heterocycles. The Bertz CT molecular complexity index is 1310. The molecular formula is C21H16ClF2N5O2. The minimum atomic E-state index is -0.716. The quantitative estimate of drug-likeness (QED) is 0.496. The van der Waals surface area contributed by atoms with E-state index >= 15 is 0 Å². The molecule has 0 bridgehead atoms. The molecule has 0 saturated carbocycles. The zero-order chi connectivity index (χ0) is 22.0. The van der Waals surface area contributed by atoms with Crippen LogP contribution in [0.2, 0.25) is 5.02 Å². The van der Waals surface area contributed by atoms with Gasteiger partial charge in [-0.15, -0.1) is 0 Å². The largest absolute Gasteiger partial charge is 0.350 e. The van der Waals surface area contributed by atoms with Crippen molar-refractivity contribution in [3.8, 4) is 0 Å². The minimum absolute atomic E-state index is 0.0131. The Hall–Kier alpha value is -3.59. The van der Waals surface area contributed by atoms with Crippen LogP contribution in [0, 0.1) is 11.6 Å². The average Bonchev–Trinajstić information content (AvgIpc) is 3.15. The number of carbonyl (C=O) groups is 1. The van der Waals surface area contributed by atoms with E-state index in [-0.39, 0.29) is 41.2 Å². The van der Waals surface area contributed by atoms with Crippen LogP contribution >= 0.6 is 11.6 Å². The first-order valence-electron chi connectivity index (χ1n) is 9.32. The van der Waals surface area contributed by atoms with Gasteiger partial charge in [0.15, 0.2) is 5.65 Å². The Kier molecular flexibility index (Phi) is 5.77. The topological polar surface area (TPSA) is 81.8 Å². The van der Waals surface area contributed by atoms with Crippen LogP contribution in [0.3, 0.4) is 0 Å². The fourth-order valence-corrected chi connectivity index (χ4v) is 3.41. The van der Waals surface area contributed by atoms with Gasteiger partial charge in [0.1, 0.15) is 23.3 Å². The summed E-state index contributed by atoms with van der Waals surface area (Å²) in [5.74, 6) is -1.78. The zero-order valence-corrected chi connectivity index (χ0v) is 16.8. The second kappa shape index (κ2) is 8.65. The molecule has 1 amide bonds. The molecule has 2 aromatic heterocycles. The molecule has 2 aromatic carbocycles. The molecule has 4 rings (SSSR count). The molecule has 0 spiro atoms. The van der Waals surface area contributed by atoms with Gasteiger partial charge in [0.2, 0.25) is 0 Å². The van der Waals surface area contributed by atoms with Gasteiger partial charge in [-0.25, -0.2) is 18.4 Å². The summed E-state index contributed by atoms with van der Waals surface area (Å²) in [4.78, 5) is 29.2. The standard InChI is InChI=1S/C21H16ClF2N5O2/c22-15-5-3-7-17(24)18(15)20(30)25-8-9-29-19-14(10-27-29)21(31)28(12-26-19)11-13-4-1-2-6-16(13)23/h1-7,10,12H,8-9,11H2,(H,25,30). The van der Waals surface area contributed by atoms with Crippen LogP contribution < -0.4 is 10.9 Å². The van der Waals surface area contributed by atoms with E-state index in [1.807, 2.05) is 0 Å². The number of halogens is 3. The van der Waals surface area contributed by atoms with Crippen molar-refractivity contribution < 1.29 is 13.6 Å². The zero-order valence-electron chi connectivity index (χ0n) is 16.1. The summed E-state index contributed by atoms with van der Waals surface area (Å²) in [6, 6.07) is 10.2. The Morgan fingerprint density at radius 2 is 1.87 bits per heavy atom. The summed E-state index contributed by atoms with van der Waals surface area (Å²) >= 11 is 5.89. The average molecular weight is 444 g/mol. The van der Waals surface area contributed by atoms with Crippen molar-refractivity contribution in [3.63, 3.8) is 0 Å². The molecule has 0 aliphatic rings. The molecule has 0 unspecified atom stereocenters. The second-order valence-electron chi connectivity index (χ2n) is 6.73. The summed E-state index contributed by atoms with van der Waals surface area (Å²) < 4.78 is 30.5. The lowest BCUT2D eigenvalue weighted by atomic mass is 10.2. The van der Waals surface area contributed by atoms with Gasteiger partial charge in [0, 0.05) is 12.1 Å². The van der Waals surface area contributed by atoms with Crippen LogP contribution in [-0.4, -0.2) is 31.8 Å². The molecular weight excluding hydrogens is 428 g/mol. The Balaban J connectivity index is 1.48. The molecule has 158 valence electrons. The summed E-state index contributed by atoms with van der Waals surface area (Å²) in [7, 11) is 0. The maximum Gasteiger partial charge on any atom is 0.264 e. The van der Waals surface area contributed by atoms with Crippen LogP contribution in [0.25, 0.3) is 11.0 Å². The van der Waals surface area contributed by atoms with Gasteiger partial charge in [-0.05, 0) is 18.2 Å². The van der Waals surface area contributed by atoms with E-state index in [0.29, 0.717) is 11.2 Å². The van der Waals surface area contributed by atoms with E-state index in [0.717, 1.165) is 6.07 Å². The van der Waals surface area contributed by atoms with Gasteiger partial charge < -0.3 is 5.32 Å². The number of amides is 1. The number of hydrogen-bond acceptors (Lipinski definition) is 4. The van der Waals surface area contributed by atoms with E-state index in [2.05, 4.69) is 15.4 Å². The molecule has 31 heavy (non-hydrogen) atoms. The maximum atomic E-state index is 13.9. The van der Waals surface area contributed by atoms with Crippen molar-refractivity contribution in [2.24, 2.45) is 0 Å². The number of nitrogens with one attached hydrogen (secondary N) is 1. The van der Waals surface area contributed by atoms with E-state index < -0.39 is 17.5 Å². The van der Waals surface area contributed by atoms with Gasteiger partial charge in [0.25, 0.3) is 11.5 Å². The molecule has 2 heterocycles. The smallest absolute Gasteiger partial charge is 0.264 e. The first-order chi connectivity index (χ1) is 15.0. The normalized spacial score (nSPS) is 11.1. The van der Waals surface area contributed by atoms with Crippen LogP contribution in [-0.2, 0) is 13.1 Å². The van der Waals surface area contributed by atoms with Gasteiger partial charge in [-0.3, -0.25) is 14.2 Å². The third kappa shape index (κ3) is 4.17. The monoisotopic (exact) mass is 443 g/mol. The minimum Gasteiger partial charge on any atom is -0.350 e. The molecule has 0 aliphatic heterocycles. The molecule has 0 aliphatic carbocycles. The molecule has 1 N–H and O–H groups in total. The van der Waals surface area contributed by atoms with Gasteiger partial charge in [0.05, 0.1) is 29.9 Å². The third-order valence-electron chi connectivity index (χ3n) is 4.72. The first kappa shape index (κ1) is 20.7. The van der Waals surface area contributed by atoms with Crippen molar-refractivity contribution in [1.29, 1.82) is 0 Å². The number of nitrogens with zero attached hydrogens (tertiary/aromatic N) is 4. The number of rotatable bonds is 6. The van der Waals surface area contributed by atoms with Crippen molar-refractivity contribution in [1.82, 2.24) is 24.6 Å². The van der Waals surface area contributed by atoms with Gasteiger partial charge >= 0.3 is 0 Å². The summed E-state index contributed by atoms with van der Waals surface area (Å²) in [6.07, 6.45) is 2.70. The first-order valence-corrected chi connectivity index (χ1v) is 9.70. The SMILES string of the molecule is O=C(NCCn1ncc2c(=O)n(Cc3ccccc3F)cnc21)c1c(F)cccc1Cl. The molecule has 7 nitrogen and oxygen atoms in total. The number of benzene rings is 2. The van der Waals surface area contributed by atoms with Crippen LogP contribution in [0.4, 0.5) is 8.78 Å². The fourth-order valence-electron chi connectivity index (χ4n) is 3.16. The number of fused-ring (bicyclic) bond motifs is 1. The Morgan fingerprint density at radius 1 is 1.10 bits per heavy atom. The summed E-state index contributed by atoms with van der Waals surface area (Å²) in [6.45, 7) is 0.352. The third-order valence-corrected chi connectivity index (χ3v) is 5.03. The summed E-state index contributed by atoms with van der Waals surface area (Å²) in [5.41, 5.74) is 0.103. The Labute approximate surface area is 179 Å². The number of carbonyl (C=O) groups excluding carboxylic acids is 1. The second-order valence-corrected chi connectivity index (χ2v) is 7.13. The van der Waals surface area contributed by atoms with Crippen molar-refractivity contribution in [3.05, 3.63) is 93.1 Å². The highest BCUT2D eigenvalue weighted by Crippen LogP contribution is 2.18. The van der Waals surface area contributed by atoms with Crippen molar-refractivity contribution in [2.75, 3.05) is 6.54 Å². The van der Waals surface area contributed by atoms with Crippen LogP contribution in [0.1, 0.15) is 15.9 Å². The number of aromatic nitrogens is 4. The lowest BCUT2D eigenvalue weighted by Crippen LogP contribution is -2.28. The molecule has 10 heteroatoms.